The van der Waals surface area contributed by atoms with E-state index < -0.39 is 10.1 Å². The minimum absolute atomic E-state index is 0.220. The lowest BCUT2D eigenvalue weighted by atomic mass is 10.1. The van der Waals surface area contributed by atoms with Crippen LogP contribution < -0.4 is 8.92 Å². The molecule has 0 bridgehead atoms. The van der Waals surface area contributed by atoms with Gasteiger partial charge in [0.05, 0.1) is 7.11 Å². The van der Waals surface area contributed by atoms with Gasteiger partial charge in [0.1, 0.15) is 10.6 Å². The van der Waals surface area contributed by atoms with E-state index in [0.717, 1.165) is 23.1 Å². The second kappa shape index (κ2) is 6.80. The van der Waals surface area contributed by atoms with Crippen LogP contribution in [0.25, 0.3) is 10.9 Å². The number of hydrogen-bond acceptors (Lipinski definition) is 4. The molecule has 3 aromatic rings. The smallest absolute Gasteiger partial charge is 0.339 e. The number of aromatic amines is 1. The largest absolute Gasteiger partial charge is 0.497 e. The summed E-state index contributed by atoms with van der Waals surface area (Å²) in [6.07, 6.45) is 3.09. The second-order valence-corrected chi connectivity index (χ2v) is 7.48. The van der Waals surface area contributed by atoms with Crippen molar-refractivity contribution >= 4 is 21.0 Å². The van der Waals surface area contributed by atoms with Crippen molar-refractivity contribution in [2.75, 3.05) is 7.11 Å². The Bertz CT molecular complexity index is 1010. The Morgan fingerprint density at radius 3 is 2.64 bits per heavy atom. The van der Waals surface area contributed by atoms with Gasteiger partial charge < -0.3 is 13.9 Å². The molecule has 0 amide bonds. The van der Waals surface area contributed by atoms with Crippen molar-refractivity contribution in [1.29, 1.82) is 0 Å². The number of fused-ring (bicyclic) bond motifs is 1. The molecule has 5 nitrogen and oxygen atoms in total. The van der Waals surface area contributed by atoms with Gasteiger partial charge in [-0.2, -0.15) is 8.42 Å². The summed E-state index contributed by atoms with van der Waals surface area (Å²) in [5, 5.41) is 0.659. The molecule has 0 spiro atoms. The van der Waals surface area contributed by atoms with Crippen LogP contribution in [0.1, 0.15) is 24.5 Å². The third-order valence-electron chi connectivity index (χ3n) is 4.06. The average molecular weight is 359 g/mol. The maximum atomic E-state index is 12.8. The lowest BCUT2D eigenvalue weighted by Crippen LogP contribution is -2.12. The fourth-order valence-corrected chi connectivity index (χ4v) is 4.03. The lowest BCUT2D eigenvalue weighted by Gasteiger charge is -2.11. The van der Waals surface area contributed by atoms with E-state index in [1.807, 2.05) is 26.0 Å². The Hall–Kier alpha value is -2.47. The Morgan fingerprint density at radius 2 is 1.92 bits per heavy atom. The number of aromatic nitrogens is 1. The van der Waals surface area contributed by atoms with Gasteiger partial charge in [0.25, 0.3) is 0 Å². The van der Waals surface area contributed by atoms with Crippen molar-refractivity contribution in [3.05, 3.63) is 53.7 Å². The van der Waals surface area contributed by atoms with Crippen LogP contribution in [0.3, 0.4) is 0 Å². The quantitative estimate of drug-likeness (QED) is 0.670. The molecule has 0 radical (unpaired) electrons. The number of ether oxygens (including phenoxy) is 1. The summed E-state index contributed by atoms with van der Waals surface area (Å²) in [7, 11) is -2.36. The van der Waals surface area contributed by atoms with Gasteiger partial charge >= 0.3 is 10.1 Å². The van der Waals surface area contributed by atoms with Gasteiger partial charge in [-0.1, -0.05) is 31.0 Å². The van der Waals surface area contributed by atoms with E-state index >= 15 is 0 Å². The van der Waals surface area contributed by atoms with E-state index in [2.05, 4.69) is 4.98 Å². The summed E-state index contributed by atoms with van der Waals surface area (Å²) in [5.41, 5.74) is 2.59. The number of aryl methyl sites for hydroxylation is 2. The molecule has 0 aliphatic carbocycles. The van der Waals surface area contributed by atoms with Gasteiger partial charge in [0, 0.05) is 17.1 Å². The maximum Gasteiger partial charge on any atom is 0.339 e. The molecule has 0 fully saturated rings. The van der Waals surface area contributed by atoms with Crippen molar-refractivity contribution in [3.8, 4) is 11.5 Å². The molecule has 0 aliphatic heterocycles. The topological polar surface area (TPSA) is 68.4 Å². The number of benzene rings is 2. The van der Waals surface area contributed by atoms with Crippen molar-refractivity contribution in [3.63, 3.8) is 0 Å². The van der Waals surface area contributed by atoms with Crippen LogP contribution in [0.2, 0.25) is 0 Å². The van der Waals surface area contributed by atoms with Crippen LogP contribution in [0.15, 0.2) is 47.5 Å². The SMILES string of the molecule is CCCc1cc(C)ccc1S(=O)(=O)Oc1c[nH]c2ccc(OC)cc12. The summed E-state index contributed by atoms with van der Waals surface area (Å²) < 4.78 is 36.3. The first-order valence-corrected chi connectivity index (χ1v) is 9.54. The highest BCUT2D eigenvalue weighted by Crippen LogP contribution is 2.32. The summed E-state index contributed by atoms with van der Waals surface area (Å²) in [6.45, 7) is 3.97. The number of H-pyrrole nitrogens is 1. The molecule has 3 rings (SSSR count). The predicted octanol–water partition coefficient (Wildman–Crippen LogP) is 4.21. The fraction of sp³-hybridized carbons (Fsp3) is 0.263. The average Bonchev–Trinajstić information content (AvgIpc) is 2.96. The van der Waals surface area contributed by atoms with Gasteiger partial charge in [0.15, 0.2) is 5.75 Å². The van der Waals surface area contributed by atoms with Gasteiger partial charge in [-0.3, -0.25) is 0 Å². The highest BCUT2D eigenvalue weighted by atomic mass is 32.2. The van der Waals surface area contributed by atoms with E-state index in [-0.39, 0.29) is 10.6 Å². The zero-order valence-corrected chi connectivity index (χ0v) is 15.3. The minimum Gasteiger partial charge on any atom is -0.497 e. The van der Waals surface area contributed by atoms with Crippen LogP contribution in [-0.4, -0.2) is 20.5 Å². The maximum absolute atomic E-state index is 12.8. The molecule has 1 heterocycles. The standard InChI is InChI=1S/C19H21NO4S/c1-4-5-14-10-13(2)6-9-19(14)25(21,22)24-18-12-20-17-8-7-15(23-3)11-16(17)18/h6-12,20H,4-5H2,1-3H3. The molecule has 0 saturated carbocycles. The molecule has 1 N–H and O–H groups in total. The fourth-order valence-electron chi connectivity index (χ4n) is 2.85. The molecular formula is C19H21NO4S. The molecular weight excluding hydrogens is 338 g/mol. The van der Waals surface area contributed by atoms with E-state index in [0.29, 0.717) is 17.6 Å². The molecule has 0 unspecified atom stereocenters. The molecule has 1 aromatic heterocycles. The first-order chi connectivity index (χ1) is 11.9. The molecule has 0 aliphatic rings. The van der Waals surface area contributed by atoms with Gasteiger partial charge in [-0.15, -0.1) is 0 Å². The van der Waals surface area contributed by atoms with E-state index in [4.69, 9.17) is 8.92 Å². The van der Waals surface area contributed by atoms with Crippen LogP contribution in [0.5, 0.6) is 11.5 Å². The molecule has 25 heavy (non-hydrogen) atoms. The van der Waals surface area contributed by atoms with Crippen LogP contribution >= 0.6 is 0 Å². The van der Waals surface area contributed by atoms with Crippen LogP contribution in [0, 0.1) is 6.92 Å². The first kappa shape index (κ1) is 17.4. The lowest BCUT2D eigenvalue weighted by molar-refractivity contribution is 0.415. The highest BCUT2D eigenvalue weighted by Gasteiger charge is 2.22. The zero-order chi connectivity index (χ0) is 18.0. The Balaban J connectivity index is 2.03. The van der Waals surface area contributed by atoms with Crippen molar-refractivity contribution in [1.82, 2.24) is 4.98 Å². The van der Waals surface area contributed by atoms with Crippen molar-refractivity contribution in [2.24, 2.45) is 0 Å². The summed E-state index contributed by atoms with van der Waals surface area (Å²) >= 11 is 0. The zero-order valence-electron chi connectivity index (χ0n) is 14.5. The first-order valence-electron chi connectivity index (χ1n) is 8.13. The van der Waals surface area contributed by atoms with E-state index in [1.54, 1.807) is 37.6 Å². The Kier molecular flexibility index (Phi) is 4.72. The summed E-state index contributed by atoms with van der Waals surface area (Å²) in [4.78, 5) is 3.24. The Labute approximate surface area is 147 Å². The summed E-state index contributed by atoms with van der Waals surface area (Å²) in [5.74, 6) is 0.897. The Morgan fingerprint density at radius 1 is 1.12 bits per heavy atom. The number of methoxy groups -OCH3 is 1. The van der Waals surface area contributed by atoms with Crippen LogP contribution in [0.4, 0.5) is 0 Å². The monoisotopic (exact) mass is 359 g/mol. The van der Waals surface area contributed by atoms with E-state index in [1.165, 1.54) is 0 Å². The van der Waals surface area contributed by atoms with E-state index in [9.17, 15) is 8.42 Å². The summed E-state index contributed by atoms with van der Waals surface area (Å²) in [6, 6.07) is 10.7. The number of nitrogens with one attached hydrogen (secondary N) is 1. The molecule has 132 valence electrons. The molecule has 0 atom stereocenters. The third-order valence-corrected chi connectivity index (χ3v) is 5.39. The molecule has 6 heteroatoms. The van der Waals surface area contributed by atoms with Gasteiger partial charge in [-0.25, -0.2) is 0 Å². The number of hydrogen-bond donors (Lipinski definition) is 1. The molecule has 0 saturated heterocycles. The van der Waals surface area contributed by atoms with Crippen molar-refractivity contribution < 1.29 is 17.3 Å². The van der Waals surface area contributed by atoms with Crippen LogP contribution in [-0.2, 0) is 16.5 Å². The molecule has 2 aromatic carbocycles. The van der Waals surface area contributed by atoms with Crippen molar-refractivity contribution in [2.45, 2.75) is 31.6 Å². The highest BCUT2D eigenvalue weighted by molar-refractivity contribution is 7.87. The number of rotatable bonds is 6. The third kappa shape index (κ3) is 3.49. The van der Waals surface area contributed by atoms with Gasteiger partial charge in [0.2, 0.25) is 0 Å². The second-order valence-electron chi connectivity index (χ2n) is 5.96. The minimum atomic E-state index is -3.92. The normalized spacial score (nSPS) is 11.6. The predicted molar refractivity (Wildman–Crippen MR) is 97.8 cm³/mol. The van der Waals surface area contributed by atoms with Gasteiger partial charge in [-0.05, 0) is 43.2 Å².